The Balaban J connectivity index is 2.38. The second kappa shape index (κ2) is 5.43. The lowest BCUT2D eigenvalue weighted by Crippen LogP contribution is -2.17. The molecule has 2 aromatic rings. The zero-order chi connectivity index (χ0) is 14.0. The maximum atomic E-state index is 13.9. The highest BCUT2D eigenvalue weighted by Gasteiger charge is 2.16. The van der Waals surface area contributed by atoms with Crippen molar-refractivity contribution in [1.82, 2.24) is 9.55 Å². The molecule has 1 aromatic heterocycles. The fourth-order valence-corrected chi connectivity index (χ4v) is 2.14. The Morgan fingerprint density at radius 2 is 1.89 bits per heavy atom. The molecule has 0 bridgehead atoms. The van der Waals surface area contributed by atoms with Crippen LogP contribution in [-0.4, -0.2) is 15.6 Å². The maximum Gasteiger partial charge on any atom is 0.203 e. The molecule has 0 fully saturated rings. The van der Waals surface area contributed by atoms with Crippen LogP contribution in [0.4, 0.5) is 10.3 Å². The van der Waals surface area contributed by atoms with Crippen LogP contribution in [-0.2, 0) is 0 Å². The predicted molar refractivity (Wildman–Crippen MR) is 75.9 cm³/mol. The number of nitrogens with one attached hydrogen (secondary N) is 1. The number of halogens is 1. The third-order valence-corrected chi connectivity index (χ3v) is 3.04. The van der Waals surface area contributed by atoms with Crippen LogP contribution in [0, 0.1) is 12.7 Å². The number of hydrogen-bond donors (Lipinski definition) is 1. The standard InChI is InChI=1S/C15H20FN3/c1-10(2)17-15-18-11(3)9-19(15)12(4)13-7-5-6-8-14(13)16/h5-10,12H,1-4H3,(H,17,18). The lowest BCUT2D eigenvalue weighted by atomic mass is 10.1. The van der Waals surface area contributed by atoms with Gasteiger partial charge in [0.1, 0.15) is 5.82 Å². The van der Waals surface area contributed by atoms with Gasteiger partial charge in [-0.15, -0.1) is 0 Å². The van der Waals surface area contributed by atoms with Gasteiger partial charge < -0.3 is 9.88 Å². The van der Waals surface area contributed by atoms with Crippen molar-refractivity contribution in [3.63, 3.8) is 0 Å². The Morgan fingerprint density at radius 1 is 1.21 bits per heavy atom. The number of anilines is 1. The van der Waals surface area contributed by atoms with Crippen molar-refractivity contribution < 1.29 is 4.39 Å². The molecule has 2 rings (SSSR count). The van der Waals surface area contributed by atoms with Gasteiger partial charge in [-0.1, -0.05) is 18.2 Å². The van der Waals surface area contributed by atoms with Crippen molar-refractivity contribution >= 4 is 5.95 Å². The molecule has 4 heteroatoms. The highest BCUT2D eigenvalue weighted by Crippen LogP contribution is 2.25. The first kappa shape index (κ1) is 13.6. The number of rotatable bonds is 4. The summed E-state index contributed by atoms with van der Waals surface area (Å²) >= 11 is 0. The molecule has 0 aliphatic carbocycles. The maximum absolute atomic E-state index is 13.9. The van der Waals surface area contributed by atoms with E-state index in [1.807, 2.05) is 36.7 Å². The molecule has 3 nitrogen and oxygen atoms in total. The quantitative estimate of drug-likeness (QED) is 0.908. The molecular formula is C15H20FN3. The first-order valence-corrected chi connectivity index (χ1v) is 6.55. The van der Waals surface area contributed by atoms with Gasteiger partial charge in [0.2, 0.25) is 5.95 Å². The van der Waals surface area contributed by atoms with Crippen LogP contribution in [0.2, 0.25) is 0 Å². The fraction of sp³-hybridized carbons (Fsp3) is 0.400. The molecular weight excluding hydrogens is 241 g/mol. The van der Waals surface area contributed by atoms with Crippen LogP contribution < -0.4 is 5.32 Å². The number of nitrogens with zero attached hydrogens (tertiary/aromatic N) is 2. The van der Waals surface area contributed by atoms with Crippen molar-refractivity contribution in [3.05, 3.63) is 47.5 Å². The topological polar surface area (TPSA) is 29.9 Å². The van der Waals surface area contributed by atoms with Crippen LogP contribution in [0.15, 0.2) is 30.5 Å². The average Bonchev–Trinajstić information content (AvgIpc) is 2.69. The molecule has 0 saturated heterocycles. The lowest BCUT2D eigenvalue weighted by Gasteiger charge is -2.19. The molecule has 1 heterocycles. The van der Waals surface area contributed by atoms with Crippen LogP contribution in [0.1, 0.15) is 38.1 Å². The molecule has 1 N–H and O–H groups in total. The largest absolute Gasteiger partial charge is 0.353 e. The Kier molecular flexibility index (Phi) is 3.88. The van der Waals surface area contributed by atoms with Gasteiger partial charge in [-0.05, 0) is 33.8 Å². The summed E-state index contributed by atoms with van der Waals surface area (Å²) in [5.74, 6) is 0.597. The van der Waals surface area contributed by atoms with E-state index in [0.717, 1.165) is 11.6 Å². The Hall–Kier alpha value is -1.84. The van der Waals surface area contributed by atoms with Crippen LogP contribution >= 0.6 is 0 Å². The highest BCUT2D eigenvalue weighted by atomic mass is 19.1. The normalized spacial score (nSPS) is 12.7. The van der Waals surface area contributed by atoms with E-state index in [9.17, 15) is 4.39 Å². The predicted octanol–water partition coefficient (Wildman–Crippen LogP) is 3.76. The van der Waals surface area contributed by atoms with Crippen molar-refractivity contribution in [2.45, 2.75) is 39.8 Å². The van der Waals surface area contributed by atoms with Crippen molar-refractivity contribution in [2.75, 3.05) is 5.32 Å². The summed E-state index contributed by atoms with van der Waals surface area (Å²) in [6.07, 6.45) is 1.95. The van der Waals surface area contributed by atoms with Crippen molar-refractivity contribution in [1.29, 1.82) is 0 Å². The molecule has 0 spiro atoms. The number of aryl methyl sites for hydroxylation is 1. The molecule has 0 amide bonds. The summed E-state index contributed by atoms with van der Waals surface area (Å²) in [4.78, 5) is 4.46. The Morgan fingerprint density at radius 3 is 2.53 bits per heavy atom. The molecule has 19 heavy (non-hydrogen) atoms. The smallest absolute Gasteiger partial charge is 0.203 e. The summed E-state index contributed by atoms with van der Waals surface area (Å²) < 4.78 is 15.9. The van der Waals surface area contributed by atoms with E-state index < -0.39 is 0 Å². The molecule has 102 valence electrons. The van der Waals surface area contributed by atoms with E-state index in [0.29, 0.717) is 5.56 Å². The van der Waals surface area contributed by atoms with Crippen molar-refractivity contribution in [3.8, 4) is 0 Å². The van der Waals surface area contributed by atoms with E-state index in [4.69, 9.17) is 0 Å². The summed E-state index contributed by atoms with van der Waals surface area (Å²) in [6.45, 7) is 8.03. The first-order valence-electron chi connectivity index (χ1n) is 6.55. The van der Waals surface area contributed by atoms with E-state index in [2.05, 4.69) is 24.1 Å². The molecule has 0 aliphatic heterocycles. The fourth-order valence-electron chi connectivity index (χ4n) is 2.14. The van der Waals surface area contributed by atoms with E-state index >= 15 is 0 Å². The van der Waals surface area contributed by atoms with Crippen molar-refractivity contribution in [2.24, 2.45) is 0 Å². The first-order chi connectivity index (χ1) is 8.99. The SMILES string of the molecule is Cc1cn(C(C)c2ccccc2F)c(NC(C)C)n1. The van der Waals surface area contributed by atoms with E-state index in [1.165, 1.54) is 6.07 Å². The third-order valence-electron chi connectivity index (χ3n) is 3.04. The molecule has 1 atom stereocenters. The minimum atomic E-state index is -0.183. The summed E-state index contributed by atoms with van der Waals surface area (Å²) in [6, 6.07) is 7.06. The van der Waals surface area contributed by atoms with Gasteiger partial charge in [-0.3, -0.25) is 0 Å². The average molecular weight is 261 g/mol. The monoisotopic (exact) mass is 261 g/mol. The number of hydrogen-bond acceptors (Lipinski definition) is 2. The summed E-state index contributed by atoms with van der Waals surface area (Å²) in [7, 11) is 0. The number of aromatic nitrogens is 2. The second-order valence-corrected chi connectivity index (χ2v) is 5.11. The minimum absolute atomic E-state index is 0.0938. The molecule has 1 aromatic carbocycles. The van der Waals surface area contributed by atoms with Gasteiger partial charge >= 0.3 is 0 Å². The minimum Gasteiger partial charge on any atom is -0.353 e. The third kappa shape index (κ3) is 2.95. The number of benzene rings is 1. The summed E-state index contributed by atoms with van der Waals surface area (Å²) in [5, 5.41) is 3.29. The zero-order valence-electron chi connectivity index (χ0n) is 11.8. The van der Waals surface area contributed by atoms with Gasteiger partial charge in [0.15, 0.2) is 0 Å². The van der Waals surface area contributed by atoms with Gasteiger partial charge in [0.25, 0.3) is 0 Å². The van der Waals surface area contributed by atoms with Crippen LogP contribution in [0.25, 0.3) is 0 Å². The highest BCUT2D eigenvalue weighted by molar-refractivity contribution is 5.33. The van der Waals surface area contributed by atoms with E-state index in [-0.39, 0.29) is 17.9 Å². The van der Waals surface area contributed by atoms with Gasteiger partial charge in [-0.2, -0.15) is 0 Å². The molecule has 0 saturated carbocycles. The van der Waals surface area contributed by atoms with Gasteiger partial charge in [-0.25, -0.2) is 9.37 Å². The Labute approximate surface area is 113 Å². The lowest BCUT2D eigenvalue weighted by molar-refractivity contribution is 0.558. The van der Waals surface area contributed by atoms with Gasteiger partial charge in [0, 0.05) is 17.8 Å². The molecule has 0 radical (unpaired) electrons. The zero-order valence-corrected chi connectivity index (χ0v) is 11.8. The number of imidazole rings is 1. The van der Waals surface area contributed by atoms with Gasteiger partial charge in [0.05, 0.1) is 11.7 Å². The summed E-state index contributed by atoms with van der Waals surface area (Å²) in [5.41, 5.74) is 1.60. The van der Waals surface area contributed by atoms with Crippen LogP contribution in [0.3, 0.4) is 0 Å². The Bertz CT molecular complexity index is 560. The molecule has 0 aliphatic rings. The second-order valence-electron chi connectivity index (χ2n) is 5.11. The van der Waals surface area contributed by atoms with E-state index in [1.54, 1.807) is 6.07 Å². The molecule has 1 unspecified atom stereocenters. The van der Waals surface area contributed by atoms with Crippen LogP contribution in [0.5, 0.6) is 0 Å².